The molecule has 0 spiro atoms. The lowest BCUT2D eigenvalue weighted by atomic mass is 10.3. The predicted octanol–water partition coefficient (Wildman–Crippen LogP) is 1.56. The molecule has 0 radical (unpaired) electrons. The number of hydrogen-bond acceptors (Lipinski definition) is 2. The van der Waals surface area contributed by atoms with Crippen molar-refractivity contribution < 1.29 is 13.5 Å². The minimum Gasteiger partial charge on any atom is -0.494 e. The Morgan fingerprint density at radius 3 is 2.36 bits per heavy atom. The topological polar surface area (TPSA) is 35.2 Å². The van der Waals surface area contributed by atoms with Crippen molar-refractivity contribution >= 4 is 5.69 Å². The minimum absolute atomic E-state index is 0.0893. The Hall–Kier alpha value is -1.32. The van der Waals surface area contributed by atoms with Crippen LogP contribution in [0.25, 0.3) is 0 Å². The Labute approximate surface area is 62.6 Å². The molecule has 11 heavy (non-hydrogen) atoms. The van der Waals surface area contributed by atoms with E-state index in [1.54, 1.807) is 0 Å². The van der Waals surface area contributed by atoms with Crippen LogP contribution in [0.15, 0.2) is 12.1 Å². The van der Waals surface area contributed by atoms with Crippen molar-refractivity contribution in [2.45, 2.75) is 0 Å². The van der Waals surface area contributed by atoms with Gasteiger partial charge in [-0.1, -0.05) is 0 Å². The number of anilines is 1. The van der Waals surface area contributed by atoms with E-state index in [0.717, 1.165) is 12.1 Å². The first-order valence-electron chi connectivity index (χ1n) is 2.93. The summed E-state index contributed by atoms with van der Waals surface area (Å²) < 4.78 is 29.5. The highest BCUT2D eigenvalue weighted by Gasteiger charge is 2.06. The van der Waals surface area contributed by atoms with Gasteiger partial charge in [-0.3, -0.25) is 0 Å². The molecule has 0 aliphatic heterocycles. The molecule has 1 aromatic carbocycles. The normalized spacial score (nSPS) is 9.73. The maximum absolute atomic E-state index is 12.4. The number of hydrogen-bond donors (Lipinski definition) is 1. The molecule has 1 rings (SSSR count). The van der Waals surface area contributed by atoms with Gasteiger partial charge in [-0.05, 0) is 0 Å². The third-order valence-electron chi connectivity index (χ3n) is 1.27. The summed E-state index contributed by atoms with van der Waals surface area (Å²) in [7, 11) is 1.34. The maximum Gasteiger partial charge on any atom is 0.162 e. The van der Waals surface area contributed by atoms with Crippen molar-refractivity contribution in [2.75, 3.05) is 12.8 Å². The monoisotopic (exact) mass is 159 g/mol. The molecular formula is C7H7F2NO. The summed E-state index contributed by atoms with van der Waals surface area (Å²) >= 11 is 0. The smallest absolute Gasteiger partial charge is 0.162 e. The van der Waals surface area contributed by atoms with Crippen LogP contribution in [0.3, 0.4) is 0 Å². The van der Waals surface area contributed by atoms with Gasteiger partial charge >= 0.3 is 0 Å². The fraction of sp³-hybridized carbons (Fsp3) is 0.143. The second kappa shape index (κ2) is 2.74. The fourth-order valence-electron chi connectivity index (χ4n) is 0.721. The Kier molecular flexibility index (Phi) is 1.94. The van der Waals surface area contributed by atoms with Crippen molar-refractivity contribution in [3.05, 3.63) is 23.8 Å². The highest BCUT2D eigenvalue weighted by atomic mass is 19.2. The van der Waals surface area contributed by atoms with Crippen LogP contribution in [0.2, 0.25) is 0 Å². The molecule has 0 aromatic heterocycles. The molecule has 0 aliphatic rings. The van der Waals surface area contributed by atoms with E-state index in [9.17, 15) is 8.78 Å². The van der Waals surface area contributed by atoms with Gasteiger partial charge in [0.25, 0.3) is 0 Å². The van der Waals surface area contributed by atoms with E-state index >= 15 is 0 Å². The average Bonchev–Trinajstić information content (AvgIpc) is 1.97. The molecule has 2 nitrogen and oxygen atoms in total. The van der Waals surface area contributed by atoms with Gasteiger partial charge in [0.05, 0.1) is 12.8 Å². The molecular weight excluding hydrogens is 152 g/mol. The van der Waals surface area contributed by atoms with Crippen molar-refractivity contribution in [1.29, 1.82) is 0 Å². The van der Waals surface area contributed by atoms with E-state index in [-0.39, 0.29) is 11.4 Å². The average molecular weight is 159 g/mol. The van der Waals surface area contributed by atoms with Crippen LogP contribution in [0.1, 0.15) is 0 Å². The molecule has 2 N–H and O–H groups in total. The van der Waals surface area contributed by atoms with Crippen molar-refractivity contribution in [1.82, 2.24) is 0 Å². The van der Waals surface area contributed by atoms with E-state index in [4.69, 9.17) is 5.73 Å². The van der Waals surface area contributed by atoms with Crippen molar-refractivity contribution in [2.24, 2.45) is 0 Å². The second-order valence-corrected chi connectivity index (χ2v) is 2.01. The highest BCUT2D eigenvalue weighted by Crippen LogP contribution is 2.23. The lowest BCUT2D eigenvalue weighted by Gasteiger charge is -2.03. The largest absolute Gasteiger partial charge is 0.494 e. The number of methoxy groups -OCH3 is 1. The summed E-state index contributed by atoms with van der Waals surface area (Å²) in [5.41, 5.74) is 5.36. The minimum atomic E-state index is -0.969. The van der Waals surface area contributed by atoms with Crippen LogP contribution < -0.4 is 10.5 Å². The Balaban J connectivity index is 3.21. The fourth-order valence-corrected chi connectivity index (χ4v) is 0.721. The number of nitrogens with two attached hydrogens (primary N) is 1. The number of rotatable bonds is 1. The number of halogens is 2. The summed E-state index contributed by atoms with van der Waals surface area (Å²) in [6.45, 7) is 0. The van der Waals surface area contributed by atoms with Gasteiger partial charge in [0.15, 0.2) is 11.6 Å². The first-order chi connectivity index (χ1) is 5.15. The van der Waals surface area contributed by atoms with Crippen molar-refractivity contribution in [3.63, 3.8) is 0 Å². The predicted molar refractivity (Wildman–Crippen MR) is 37.3 cm³/mol. The Morgan fingerprint density at radius 1 is 1.27 bits per heavy atom. The lowest BCUT2D eigenvalue weighted by Crippen LogP contribution is -1.95. The molecule has 0 unspecified atom stereocenters. The van der Waals surface area contributed by atoms with Crippen LogP contribution in [0, 0.1) is 11.6 Å². The molecule has 4 heteroatoms. The molecule has 0 heterocycles. The van der Waals surface area contributed by atoms with Crippen LogP contribution in [-0.4, -0.2) is 7.11 Å². The maximum atomic E-state index is 12.4. The number of benzene rings is 1. The van der Waals surface area contributed by atoms with E-state index < -0.39 is 11.6 Å². The van der Waals surface area contributed by atoms with Gasteiger partial charge < -0.3 is 10.5 Å². The van der Waals surface area contributed by atoms with Crippen LogP contribution in [0.4, 0.5) is 14.5 Å². The molecule has 60 valence electrons. The summed E-state index contributed by atoms with van der Waals surface area (Å²) in [5.74, 6) is -1.79. The number of ether oxygens (including phenoxy) is 1. The third-order valence-corrected chi connectivity index (χ3v) is 1.27. The number of nitrogen functional groups attached to an aromatic ring is 1. The SMILES string of the molecule is COc1cc(F)c(F)cc1N. The molecule has 0 fully saturated rings. The molecule has 1 aromatic rings. The molecule has 0 saturated heterocycles. The zero-order valence-corrected chi connectivity index (χ0v) is 5.90. The molecule has 0 saturated carbocycles. The Morgan fingerprint density at radius 2 is 1.82 bits per heavy atom. The zero-order valence-electron chi connectivity index (χ0n) is 5.90. The van der Waals surface area contributed by atoms with E-state index in [0.29, 0.717) is 0 Å². The quantitative estimate of drug-likeness (QED) is 0.631. The van der Waals surface area contributed by atoms with E-state index in [1.807, 2.05) is 0 Å². The second-order valence-electron chi connectivity index (χ2n) is 2.01. The molecule has 0 amide bonds. The van der Waals surface area contributed by atoms with Gasteiger partial charge in [-0.15, -0.1) is 0 Å². The lowest BCUT2D eigenvalue weighted by molar-refractivity contribution is 0.409. The van der Waals surface area contributed by atoms with E-state index in [1.165, 1.54) is 7.11 Å². The molecule has 0 bridgehead atoms. The van der Waals surface area contributed by atoms with Gasteiger partial charge in [-0.2, -0.15) is 0 Å². The standard InChI is InChI=1S/C7H7F2NO/c1-11-7-3-5(9)4(8)2-6(7)10/h2-3H,10H2,1H3. The van der Waals surface area contributed by atoms with Crippen LogP contribution in [0.5, 0.6) is 5.75 Å². The van der Waals surface area contributed by atoms with Gasteiger partial charge in [0, 0.05) is 12.1 Å². The molecule has 0 atom stereocenters. The first kappa shape index (κ1) is 7.78. The molecule has 0 aliphatic carbocycles. The summed E-state index contributed by atoms with van der Waals surface area (Å²) in [6.07, 6.45) is 0. The summed E-state index contributed by atoms with van der Waals surface area (Å²) in [4.78, 5) is 0. The third kappa shape index (κ3) is 1.39. The van der Waals surface area contributed by atoms with Gasteiger partial charge in [0.1, 0.15) is 5.75 Å². The van der Waals surface area contributed by atoms with Gasteiger partial charge in [-0.25, -0.2) is 8.78 Å². The highest BCUT2D eigenvalue weighted by molar-refractivity contribution is 5.52. The Bertz CT molecular complexity index is 275. The van der Waals surface area contributed by atoms with Crippen LogP contribution in [-0.2, 0) is 0 Å². The van der Waals surface area contributed by atoms with Crippen LogP contribution >= 0.6 is 0 Å². The summed E-state index contributed by atoms with van der Waals surface area (Å²) in [5, 5.41) is 0. The van der Waals surface area contributed by atoms with Gasteiger partial charge in [0.2, 0.25) is 0 Å². The van der Waals surface area contributed by atoms with E-state index in [2.05, 4.69) is 4.74 Å². The zero-order chi connectivity index (χ0) is 8.43. The summed E-state index contributed by atoms with van der Waals surface area (Å²) in [6, 6.07) is 1.79. The first-order valence-corrected chi connectivity index (χ1v) is 2.93. The van der Waals surface area contributed by atoms with Crippen molar-refractivity contribution in [3.8, 4) is 5.75 Å².